The van der Waals surface area contributed by atoms with Crippen molar-refractivity contribution >= 4 is 0 Å². The van der Waals surface area contributed by atoms with Crippen LogP contribution in [0.3, 0.4) is 0 Å². The van der Waals surface area contributed by atoms with Gasteiger partial charge < -0.3 is 16.4 Å². The predicted octanol–water partition coefficient (Wildman–Crippen LogP) is 2.47. The third-order valence-corrected chi connectivity index (χ3v) is 2.84. The van der Waals surface area contributed by atoms with Crippen LogP contribution in [0.5, 0.6) is 0 Å². The summed E-state index contributed by atoms with van der Waals surface area (Å²) in [5, 5.41) is 0. The first-order chi connectivity index (χ1) is 8.35. The highest BCUT2D eigenvalue weighted by molar-refractivity contribution is 4.82. The zero-order valence-electron chi connectivity index (χ0n) is 11.5. The fourth-order valence-electron chi connectivity index (χ4n) is 1.76. The second-order valence-electron chi connectivity index (χ2n) is 4.55. The SMILES string of the molecule is CCCCCC/C=C/N(CCCN)CCCN. The van der Waals surface area contributed by atoms with Gasteiger partial charge in [0, 0.05) is 13.1 Å². The summed E-state index contributed by atoms with van der Waals surface area (Å²) >= 11 is 0. The van der Waals surface area contributed by atoms with Crippen molar-refractivity contribution in [3.63, 3.8) is 0 Å². The lowest BCUT2D eigenvalue weighted by molar-refractivity contribution is 0.366. The van der Waals surface area contributed by atoms with E-state index in [9.17, 15) is 0 Å². The monoisotopic (exact) mass is 241 g/mol. The zero-order chi connectivity index (χ0) is 12.8. The summed E-state index contributed by atoms with van der Waals surface area (Å²) in [6, 6.07) is 0. The number of nitrogens with zero attached hydrogens (tertiary/aromatic N) is 1. The van der Waals surface area contributed by atoms with E-state index < -0.39 is 0 Å². The van der Waals surface area contributed by atoms with Crippen molar-refractivity contribution in [2.24, 2.45) is 11.5 Å². The van der Waals surface area contributed by atoms with Crippen molar-refractivity contribution in [2.75, 3.05) is 26.2 Å². The summed E-state index contributed by atoms with van der Waals surface area (Å²) < 4.78 is 0. The minimum atomic E-state index is 0.767. The number of allylic oxidation sites excluding steroid dienone is 1. The molecule has 0 unspecified atom stereocenters. The van der Waals surface area contributed by atoms with E-state index >= 15 is 0 Å². The minimum absolute atomic E-state index is 0.767. The van der Waals surface area contributed by atoms with E-state index in [0.717, 1.165) is 39.0 Å². The highest BCUT2D eigenvalue weighted by Crippen LogP contribution is 2.04. The highest BCUT2D eigenvalue weighted by atomic mass is 15.1. The molecule has 0 atom stereocenters. The molecule has 0 aromatic heterocycles. The van der Waals surface area contributed by atoms with Crippen molar-refractivity contribution in [3.05, 3.63) is 12.3 Å². The average molecular weight is 241 g/mol. The Morgan fingerprint density at radius 3 is 2.06 bits per heavy atom. The maximum absolute atomic E-state index is 5.54. The van der Waals surface area contributed by atoms with Crippen molar-refractivity contribution < 1.29 is 0 Å². The molecule has 0 saturated heterocycles. The lowest BCUT2D eigenvalue weighted by Crippen LogP contribution is -2.23. The van der Waals surface area contributed by atoms with Gasteiger partial charge in [-0.15, -0.1) is 0 Å². The number of hydrogen-bond donors (Lipinski definition) is 2. The van der Waals surface area contributed by atoms with Gasteiger partial charge in [-0.1, -0.05) is 32.3 Å². The quantitative estimate of drug-likeness (QED) is 0.516. The fraction of sp³-hybridized carbons (Fsp3) is 0.857. The molecule has 0 bridgehead atoms. The Morgan fingerprint density at radius 2 is 1.53 bits per heavy atom. The van der Waals surface area contributed by atoms with E-state index in [1.807, 2.05) is 0 Å². The number of hydrogen-bond acceptors (Lipinski definition) is 3. The van der Waals surface area contributed by atoms with Gasteiger partial charge in [-0.3, -0.25) is 0 Å². The summed E-state index contributed by atoms with van der Waals surface area (Å²) in [7, 11) is 0. The summed E-state index contributed by atoms with van der Waals surface area (Å²) in [4.78, 5) is 2.35. The third kappa shape index (κ3) is 11.7. The van der Waals surface area contributed by atoms with E-state index in [4.69, 9.17) is 11.5 Å². The number of nitrogens with two attached hydrogens (primary N) is 2. The Kier molecular flexibility index (Phi) is 13.1. The number of rotatable bonds is 12. The van der Waals surface area contributed by atoms with Crippen LogP contribution in [0.4, 0.5) is 0 Å². The average Bonchev–Trinajstić information content (AvgIpc) is 2.35. The maximum Gasteiger partial charge on any atom is 0.0184 e. The van der Waals surface area contributed by atoms with Crippen LogP contribution in [0.1, 0.15) is 51.9 Å². The first-order valence-corrected chi connectivity index (χ1v) is 7.16. The molecule has 4 N–H and O–H groups in total. The first kappa shape index (κ1) is 16.5. The van der Waals surface area contributed by atoms with Gasteiger partial charge in [-0.2, -0.15) is 0 Å². The van der Waals surface area contributed by atoms with Gasteiger partial charge in [0.2, 0.25) is 0 Å². The molecule has 3 nitrogen and oxygen atoms in total. The van der Waals surface area contributed by atoms with E-state index in [2.05, 4.69) is 24.1 Å². The molecule has 0 heterocycles. The minimum Gasteiger partial charge on any atom is -0.378 e. The molecule has 0 aliphatic heterocycles. The molecule has 0 aliphatic rings. The molecule has 0 aromatic carbocycles. The van der Waals surface area contributed by atoms with Crippen LogP contribution in [-0.4, -0.2) is 31.1 Å². The van der Waals surface area contributed by atoms with Crippen LogP contribution in [0.2, 0.25) is 0 Å². The van der Waals surface area contributed by atoms with Crippen molar-refractivity contribution in [3.8, 4) is 0 Å². The topological polar surface area (TPSA) is 55.3 Å². The van der Waals surface area contributed by atoms with Crippen molar-refractivity contribution in [1.82, 2.24) is 4.90 Å². The van der Waals surface area contributed by atoms with Crippen LogP contribution in [0, 0.1) is 0 Å². The van der Waals surface area contributed by atoms with Crippen molar-refractivity contribution in [2.45, 2.75) is 51.9 Å². The van der Waals surface area contributed by atoms with Gasteiger partial charge in [0.1, 0.15) is 0 Å². The van der Waals surface area contributed by atoms with Gasteiger partial charge in [-0.25, -0.2) is 0 Å². The van der Waals surface area contributed by atoms with Gasteiger partial charge >= 0.3 is 0 Å². The van der Waals surface area contributed by atoms with Crippen LogP contribution >= 0.6 is 0 Å². The van der Waals surface area contributed by atoms with Crippen molar-refractivity contribution in [1.29, 1.82) is 0 Å². The van der Waals surface area contributed by atoms with Gasteiger partial charge in [-0.05, 0) is 45.0 Å². The van der Waals surface area contributed by atoms with E-state index in [-0.39, 0.29) is 0 Å². The largest absolute Gasteiger partial charge is 0.378 e. The normalized spacial score (nSPS) is 11.2. The Labute approximate surface area is 107 Å². The Bertz CT molecular complexity index is 161. The molecular formula is C14H31N3. The molecule has 3 heteroatoms. The third-order valence-electron chi connectivity index (χ3n) is 2.84. The second-order valence-corrected chi connectivity index (χ2v) is 4.55. The van der Waals surface area contributed by atoms with Gasteiger partial charge in [0.25, 0.3) is 0 Å². The Balaban J connectivity index is 3.66. The molecule has 0 aliphatic carbocycles. The first-order valence-electron chi connectivity index (χ1n) is 7.16. The molecule has 102 valence electrons. The number of unbranched alkanes of at least 4 members (excludes halogenated alkanes) is 4. The molecule has 0 saturated carbocycles. The predicted molar refractivity (Wildman–Crippen MR) is 76.8 cm³/mol. The smallest absolute Gasteiger partial charge is 0.0184 e. The molecule has 0 aromatic rings. The van der Waals surface area contributed by atoms with E-state index in [1.165, 1.54) is 32.1 Å². The molecule has 0 radical (unpaired) electrons. The van der Waals surface area contributed by atoms with Crippen LogP contribution in [0.15, 0.2) is 12.3 Å². The van der Waals surface area contributed by atoms with E-state index in [0.29, 0.717) is 0 Å². The van der Waals surface area contributed by atoms with Crippen LogP contribution in [0.25, 0.3) is 0 Å². The standard InChI is InChI=1S/C14H31N3/c1-2-3-4-5-6-7-12-17(13-8-10-15)14-9-11-16/h7,12H,2-6,8-11,13-16H2,1H3/b12-7+. The lowest BCUT2D eigenvalue weighted by atomic mass is 10.1. The molecule has 0 rings (SSSR count). The summed E-state index contributed by atoms with van der Waals surface area (Å²) in [6.07, 6.45) is 13.2. The Morgan fingerprint density at radius 1 is 0.882 bits per heavy atom. The van der Waals surface area contributed by atoms with Gasteiger partial charge in [0.05, 0.1) is 0 Å². The Hall–Kier alpha value is -0.540. The maximum atomic E-state index is 5.54. The molecular weight excluding hydrogens is 210 g/mol. The summed E-state index contributed by atoms with van der Waals surface area (Å²) in [5.74, 6) is 0. The summed E-state index contributed by atoms with van der Waals surface area (Å²) in [6.45, 7) is 5.90. The van der Waals surface area contributed by atoms with Gasteiger partial charge in [0.15, 0.2) is 0 Å². The van der Waals surface area contributed by atoms with E-state index in [1.54, 1.807) is 0 Å². The van der Waals surface area contributed by atoms with Crippen LogP contribution < -0.4 is 11.5 Å². The summed E-state index contributed by atoms with van der Waals surface area (Å²) in [5.41, 5.74) is 11.1. The van der Waals surface area contributed by atoms with Crippen LogP contribution in [-0.2, 0) is 0 Å². The zero-order valence-corrected chi connectivity index (χ0v) is 11.5. The molecule has 0 fully saturated rings. The second kappa shape index (κ2) is 13.5. The lowest BCUT2D eigenvalue weighted by Gasteiger charge is -2.19. The highest BCUT2D eigenvalue weighted by Gasteiger charge is 1.97. The molecule has 0 amide bonds. The fourth-order valence-corrected chi connectivity index (χ4v) is 1.76. The molecule has 17 heavy (non-hydrogen) atoms. The molecule has 0 spiro atoms.